The summed E-state index contributed by atoms with van der Waals surface area (Å²) >= 11 is 0. The van der Waals surface area contributed by atoms with E-state index in [-0.39, 0.29) is 50.7 Å². The second-order valence-electron chi connectivity index (χ2n) is 15.2. The molecule has 322 valence electrons. The second-order valence-corrected chi connectivity index (χ2v) is 15.2. The topological polar surface area (TPSA) is 153 Å². The van der Waals surface area contributed by atoms with Crippen molar-refractivity contribution in [2.45, 2.75) is 51.0 Å². The van der Waals surface area contributed by atoms with Gasteiger partial charge in [0.05, 0.1) is 49.1 Å². The maximum Gasteiger partial charge on any atom is 0.410 e. The van der Waals surface area contributed by atoms with Gasteiger partial charge in [0.1, 0.15) is 38.1 Å². The SMILES string of the molecule is COCCOc1c(-c2ccc(-c3cnc(C4CCCN4C(=O)OCc4ccccc4)[nH]3)cc2)ccc(-c2cnc(C3CCCN3C(=O)OCc3ccccc3)[nH]2)c1OCCOC. The molecule has 2 aliphatic rings. The van der Waals surface area contributed by atoms with Crippen LogP contribution in [-0.2, 0) is 32.2 Å². The highest BCUT2D eigenvalue weighted by Crippen LogP contribution is 2.46. The maximum absolute atomic E-state index is 13.3. The molecular weight excluding hydrogens is 789 g/mol. The Morgan fingerprint density at radius 1 is 0.581 bits per heavy atom. The van der Waals surface area contributed by atoms with Crippen molar-refractivity contribution in [2.75, 3.05) is 53.7 Å². The molecule has 4 heterocycles. The van der Waals surface area contributed by atoms with Gasteiger partial charge in [-0.25, -0.2) is 19.6 Å². The van der Waals surface area contributed by atoms with Crippen molar-refractivity contribution in [1.82, 2.24) is 29.7 Å². The fourth-order valence-electron chi connectivity index (χ4n) is 8.01. The summed E-state index contributed by atoms with van der Waals surface area (Å²) in [6, 6.07) is 31.0. The lowest BCUT2D eigenvalue weighted by molar-refractivity contribution is 0.0903. The van der Waals surface area contributed by atoms with Crippen molar-refractivity contribution in [3.05, 3.63) is 132 Å². The lowest BCUT2D eigenvalue weighted by Crippen LogP contribution is -2.31. The predicted octanol–water partition coefficient (Wildman–Crippen LogP) is 9.13. The third-order valence-corrected chi connectivity index (χ3v) is 11.2. The summed E-state index contributed by atoms with van der Waals surface area (Å²) in [4.78, 5) is 46.3. The summed E-state index contributed by atoms with van der Waals surface area (Å²) in [5, 5.41) is 0. The smallest absolute Gasteiger partial charge is 0.410 e. The molecule has 2 aromatic heterocycles. The van der Waals surface area contributed by atoms with Gasteiger partial charge in [0.2, 0.25) is 0 Å². The molecule has 2 aliphatic heterocycles. The largest absolute Gasteiger partial charge is 0.487 e. The first-order valence-electron chi connectivity index (χ1n) is 21.1. The number of carbonyl (C=O) groups is 2. The number of nitrogens with zero attached hydrogens (tertiary/aromatic N) is 4. The second kappa shape index (κ2) is 20.3. The van der Waals surface area contributed by atoms with Crippen molar-refractivity contribution < 1.29 is 38.0 Å². The average Bonchev–Trinajstić information content (AvgIpc) is 4.16. The Morgan fingerprint density at radius 2 is 1.05 bits per heavy atom. The van der Waals surface area contributed by atoms with E-state index in [1.54, 1.807) is 30.2 Å². The summed E-state index contributed by atoms with van der Waals surface area (Å²) in [6.45, 7) is 2.93. The fourth-order valence-corrected chi connectivity index (χ4v) is 8.01. The molecule has 4 aromatic carbocycles. The highest BCUT2D eigenvalue weighted by Gasteiger charge is 2.35. The van der Waals surface area contributed by atoms with Gasteiger partial charge in [-0.15, -0.1) is 0 Å². The summed E-state index contributed by atoms with van der Waals surface area (Å²) in [6.07, 6.45) is 6.13. The van der Waals surface area contributed by atoms with Gasteiger partial charge in [-0.2, -0.15) is 0 Å². The van der Waals surface area contributed by atoms with Gasteiger partial charge in [0.25, 0.3) is 0 Å². The number of aromatic nitrogens is 4. The Morgan fingerprint density at radius 3 is 1.58 bits per heavy atom. The molecule has 0 saturated carbocycles. The molecule has 14 nitrogen and oxygen atoms in total. The Hall–Kier alpha value is -6.64. The Balaban J connectivity index is 1.02. The van der Waals surface area contributed by atoms with Crippen LogP contribution in [0.25, 0.3) is 33.6 Å². The molecule has 62 heavy (non-hydrogen) atoms. The molecule has 2 amide bonds. The van der Waals surface area contributed by atoms with Crippen molar-refractivity contribution in [3.8, 4) is 45.1 Å². The van der Waals surface area contributed by atoms with E-state index >= 15 is 0 Å². The maximum atomic E-state index is 13.3. The van der Waals surface area contributed by atoms with Crippen LogP contribution in [0.15, 0.2) is 109 Å². The summed E-state index contributed by atoms with van der Waals surface area (Å²) < 4.78 is 35.0. The van der Waals surface area contributed by atoms with E-state index in [0.29, 0.717) is 43.6 Å². The number of rotatable bonds is 17. The number of likely N-dealkylation sites (tertiary alicyclic amines) is 2. The minimum absolute atomic E-state index is 0.197. The highest BCUT2D eigenvalue weighted by molar-refractivity contribution is 5.83. The number of benzene rings is 4. The number of methoxy groups -OCH3 is 2. The number of hydrogen-bond donors (Lipinski definition) is 2. The fraction of sp³-hybridized carbons (Fsp3) is 0.333. The van der Waals surface area contributed by atoms with Crippen molar-refractivity contribution in [3.63, 3.8) is 0 Å². The standard InChI is InChI=1S/C48H52N6O8/c1-57-25-27-59-43-37(35-17-19-36(20-18-35)39-29-49-45(51-39)41-15-9-23-53(41)47(55)61-31-33-11-5-3-6-12-33)21-22-38(44(43)60-28-26-58-2)40-30-50-46(52-40)42-16-10-24-54(42)48(56)62-32-34-13-7-4-8-14-34/h3-8,11-14,17-22,29-30,41-42H,9-10,15-16,23-28,31-32H2,1-2H3,(H,49,51)(H,50,52). The molecule has 14 heteroatoms. The zero-order valence-electron chi connectivity index (χ0n) is 35.1. The van der Waals surface area contributed by atoms with Crippen LogP contribution in [0.5, 0.6) is 11.5 Å². The molecule has 0 radical (unpaired) electrons. The Bertz CT molecular complexity index is 2390. The minimum Gasteiger partial charge on any atom is -0.487 e. The quantitative estimate of drug-likeness (QED) is 0.0851. The first kappa shape index (κ1) is 42.1. The van der Waals surface area contributed by atoms with Crippen molar-refractivity contribution in [1.29, 1.82) is 0 Å². The number of ether oxygens (including phenoxy) is 6. The van der Waals surface area contributed by atoms with Crippen LogP contribution >= 0.6 is 0 Å². The third kappa shape index (κ3) is 9.77. The molecule has 0 bridgehead atoms. The number of imidazole rings is 2. The predicted molar refractivity (Wildman–Crippen MR) is 232 cm³/mol. The average molecular weight is 841 g/mol. The zero-order chi connectivity index (χ0) is 42.7. The lowest BCUT2D eigenvalue weighted by Gasteiger charge is -2.22. The van der Waals surface area contributed by atoms with Crippen LogP contribution in [0.2, 0.25) is 0 Å². The van der Waals surface area contributed by atoms with Gasteiger partial charge in [0, 0.05) is 38.4 Å². The van der Waals surface area contributed by atoms with E-state index in [4.69, 9.17) is 38.4 Å². The summed E-state index contributed by atoms with van der Waals surface area (Å²) in [7, 11) is 3.26. The number of H-pyrrole nitrogens is 2. The van der Waals surface area contributed by atoms with Gasteiger partial charge in [0.15, 0.2) is 11.5 Å². The van der Waals surface area contributed by atoms with Gasteiger partial charge in [-0.05, 0) is 60.1 Å². The van der Waals surface area contributed by atoms with E-state index in [2.05, 4.69) is 9.97 Å². The van der Waals surface area contributed by atoms with E-state index < -0.39 is 0 Å². The number of amides is 2. The lowest BCUT2D eigenvalue weighted by atomic mass is 9.98. The van der Waals surface area contributed by atoms with Gasteiger partial charge in [-0.3, -0.25) is 9.80 Å². The molecule has 8 rings (SSSR count). The van der Waals surface area contributed by atoms with Gasteiger partial charge >= 0.3 is 12.2 Å². The number of hydrogen-bond acceptors (Lipinski definition) is 10. The van der Waals surface area contributed by atoms with Crippen LogP contribution < -0.4 is 9.47 Å². The summed E-state index contributed by atoms with van der Waals surface area (Å²) in [5.74, 6) is 2.48. The third-order valence-electron chi connectivity index (χ3n) is 11.2. The minimum atomic E-state index is -0.368. The zero-order valence-corrected chi connectivity index (χ0v) is 35.1. The van der Waals surface area contributed by atoms with Crippen LogP contribution in [0.3, 0.4) is 0 Å². The molecule has 2 atom stereocenters. The normalized spacial score (nSPS) is 16.1. The van der Waals surface area contributed by atoms with Crippen molar-refractivity contribution in [2.24, 2.45) is 0 Å². The van der Waals surface area contributed by atoms with E-state index in [9.17, 15) is 9.59 Å². The molecule has 0 spiro atoms. The number of nitrogens with one attached hydrogen (secondary N) is 2. The molecular formula is C48H52N6O8. The van der Waals surface area contributed by atoms with Gasteiger partial charge in [-0.1, -0.05) is 84.9 Å². The van der Waals surface area contributed by atoms with Crippen LogP contribution in [0.4, 0.5) is 9.59 Å². The first-order chi connectivity index (χ1) is 30.5. The summed E-state index contributed by atoms with van der Waals surface area (Å²) in [5.41, 5.74) is 6.86. The van der Waals surface area contributed by atoms with E-state index in [1.165, 1.54) is 0 Å². The molecule has 0 aliphatic carbocycles. The highest BCUT2D eigenvalue weighted by atomic mass is 16.6. The number of aromatic amines is 2. The molecule has 2 unspecified atom stereocenters. The monoisotopic (exact) mass is 840 g/mol. The van der Waals surface area contributed by atoms with Crippen LogP contribution in [0, 0.1) is 0 Å². The Labute approximate surface area is 361 Å². The van der Waals surface area contributed by atoms with E-state index in [1.807, 2.05) is 103 Å². The van der Waals surface area contributed by atoms with Crippen LogP contribution in [0.1, 0.15) is 60.5 Å². The van der Waals surface area contributed by atoms with E-state index in [0.717, 1.165) is 76.3 Å². The number of carbonyl (C=O) groups excluding carboxylic acids is 2. The molecule has 2 fully saturated rings. The Kier molecular flexibility index (Phi) is 13.8. The first-order valence-corrected chi connectivity index (χ1v) is 21.1. The molecule has 2 saturated heterocycles. The van der Waals surface area contributed by atoms with Crippen molar-refractivity contribution >= 4 is 12.2 Å². The van der Waals surface area contributed by atoms with Gasteiger partial charge < -0.3 is 38.4 Å². The van der Waals surface area contributed by atoms with Crippen LogP contribution in [-0.4, -0.2) is 95.7 Å². The molecule has 6 aromatic rings. The molecule has 2 N–H and O–H groups in total.